The summed E-state index contributed by atoms with van der Waals surface area (Å²) in [5.41, 5.74) is 21.9. The molecule has 164 valence electrons. The quantitative estimate of drug-likeness (QED) is 0.228. The van der Waals surface area contributed by atoms with Gasteiger partial charge in [-0.3, -0.25) is 0 Å². The van der Waals surface area contributed by atoms with E-state index in [1.807, 2.05) is 0 Å². The molecule has 0 saturated carbocycles. The molecule has 2 aliphatic carbocycles. The highest BCUT2D eigenvalue weighted by atomic mass is 15.2. The fraction of sp³-hybridized carbons (Fsp3) is 0.118. The van der Waals surface area contributed by atoms with Gasteiger partial charge in [-0.05, 0) is 91.7 Å². The Morgan fingerprint density at radius 2 is 1.09 bits per heavy atom. The van der Waals surface area contributed by atoms with Crippen LogP contribution < -0.4 is 4.90 Å². The molecule has 1 heteroatoms. The van der Waals surface area contributed by atoms with E-state index < -0.39 is 0 Å². The third-order valence-corrected chi connectivity index (χ3v) is 8.77. The normalized spacial score (nSPS) is 14.9. The summed E-state index contributed by atoms with van der Waals surface area (Å²) in [5.74, 6) is 0. The Morgan fingerprint density at radius 3 is 2.03 bits per heavy atom. The lowest BCUT2D eigenvalue weighted by molar-refractivity contribution is 1.01. The summed E-state index contributed by atoms with van der Waals surface area (Å²) in [4.78, 5) is 2.56. The standard InChI is InChI=1S/C34H23N/c1-3-10-25-20(6-1)17-28-26(25)13-14-27-29(28)18-22-12-15-32-30(33(22)27)19-24-9-5-8-23-16-21-7-2-4-11-31(21)35(32)34(23)24/h1-15H,16-19H2. The highest BCUT2D eigenvalue weighted by Crippen LogP contribution is 2.55. The molecule has 0 radical (unpaired) electrons. The zero-order valence-electron chi connectivity index (χ0n) is 19.4. The molecule has 0 bridgehead atoms. The molecule has 0 atom stereocenters. The van der Waals surface area contributed by atoms with Crippen molar-refractivity contribution in [1.29, 1.82) is 0 Å². The second kappa shape index (κ2) is 6.31. The number of hydrogen-bond donors (Lipinski definition) is 0. The van der Waals surface area contributed by atoms with Crippen LogP contribution in [0.2, 0.25) is 0 Å². The van der Waals surface area contributed by atoms with E-state index in [-0.39, 0.29) is 0 Å². The Labute approximate surface area is 205 Å². The van der Waals surface area contributed by atoms with Crippen LogP contribution in [-0.2, 0) is 25.7 Å². The molecule has 0 amide bonds. The van der Waals surface area contributed by atoms with Crippen LogP contribution >= 0.6 is 0 Å². The Hall–Kier alpha value is -4.10. The van der Waals surface area contributed by atoms with Gasteiger partial charge in [0.15, 0.2) is 0 Å². The maximum Gasteiger partial charge on any atom is 0.0532 e. The van der Waals surface area contributed by atoms with Crippen molar-refractivity contribution < 1.29 is 0 Å². The molecular weight excluding hydrogens is 422 g/mol. The molecule has 0 N–H and O–H groups in total. The molecule has 0 aromatic heterocycles. The summed E-state index contributed by atoms with van der Waals surface area (Å²) in [6, 6.07) is 34.4. The molecule has 5 aromatic rings. The minimum absolute atomic E-state index is 1.01. The fourth-order valence-electron chi connectivity index (χ4n) is 7.32. The van der Waals surface area contributed by atoms with Crippen LogP contribution in [0.4, 0.5) is 17.1 Å². The summed E-state index contributed by atoms with van der Waals surface area (Å²) in [6.07, 6.45) is 4.15. The Kier molecular flexibility index (Phi) is 3.29. The summed E-state index contributed by atoms with van der Waals surface area (Å²) in [6.45, 7) is 0. The number of fused-ring (bicyclic) bond motifs is 12. The molecule has 0 spiro atoms. The van der Waals surface area contributed by atoms with Crippen LogP contribution in [0.3, 0.4) is 0 Å². The highest BCUT2D eigenvalue weighted by Gasteiger charge is 2.36. The third-order valence-electron chi connectivity index (χ3n) is 8.77. The summed E-state index contributed by atoms with van der Waals surface area (Å²) in [7, 11) is 0. The van der Waals surface area contributed by atoms with Crippen LogP contribution in [0.5, 0.6) is 0 Å². The van der Waals surface area contributed by atoms with Gasteiger partial charge in [0.05, 0.1) is 11.4 Å². The average Bonchev–Trinajstić information content (AvgIpc) is 3.47. The van der Waals surface area contributed by atoms with Gasteiger partial charge in [0.1, 0.15) is 0 Å². The lowest BCUT2D eigenvalue weighted by Crippen LogP contribution is -2.25. The average molecular weight is 446 g/mol. The van der Waals surface area contributed by atoms with Crippen molar-refractivity contribution in [3.63, 3.8) is 0 Å². The van der Waals surface area contributed by atoms with Crippen molar-refractivity contribution in [3.05, 3.63) is 136 Å². The monoisotopic (exact) mass is 445 g/mol. The van der Waals surface area contributed by atoms with Gasteiger partial charge < -0.3 is 4.90 Å². The first-order valence-electron chi connectivity index (χ1n) is 12.7. The van der Waals surface area contributed by atoms with Crippen molar-refractivity contribution in [1.82, 2.24) is 0 Å². The molecule has 4 aliphatic rings. The van der Waals surface area contributed by atoms with E-state index in [9.17, 15) is 0 Å². The van der Waals surface area contributed by atoms with Gasteiger partial charge in [-0.25, -0.2) is 0 Å². The minimum atomic E-state index is 1.01. The summed E-state index contributed by atoms with van der Waals surface area (Å²) in [5, 5.41) is 0. The van der Waals surface area contributed by atoms with E-state index in [0.717, 1.165) is 25.7 Å². The topological polar surface area (TPSA) is 3.24 Å². The van der Waals surface area contributed by atoms with Gasteiger partial charge >= 0.3 is 0 Å². The Bertz CT molecular complexity index is 1760. The van der Waals surface area contributed by atoms with Crippen molar-refractivity contribution in [2.45, 2.75) is 25.7 Å². The van der Waals surface area contributed by atoms with Crippen molar-refractivity contribution in [2.24, 2.45) is 0 Å². The van der Waals surface area contributed by atoms with E-state index in [0.29, 0.717) is 0 Å². The number of anilines is 3. The maximum atomic E-state index is 2.56. The number of nitrogens with zero attached hydrogens (tertiary/aromatic N) is 1. The van der Waals surface area contributed by atoms with Crippen LogP contribution in [0, 0.1) is 0 Å². The van der Waals surface area contributed by atoms with Gasteiger partial charge in [-0.1, -0.05) is 78.9 Å². The van der Waals surface area contributed by atoms with Crippen LogP contribution in [0.25, 0.3) is 22.3 Å². The van der Waals surface area contributed by atoms with E-state index >= 15 is 0 Å². The van der Waals surface area contributed by atoms with Gasteiger partial charge in [0, 0.05) is 18.5 Å². The summed E-state index contributed by atoms with van der Waals surface area (Å²) >= 11 is 0. The van der Waals surface area contributed by atoms with Crippen molar-refractivity contribution in [3.8, 4) is 22.3 Å². The first kappa shape index (κ1) is 18.3. The molecule has 0 unspecified atom stereocenters. The molecule has 0 fully saturated rings. The molecule has 2 aliphatic heterocycles. The van der Waals surface area contributed by atoms with E-state index in [4.69, 9.17) is 0 Å². The Balaban J connectivity index is 1.29. The first-order chi connectivity index (χ1) is 17.3. The fourth-order valence-corrected chi connectivity index (χ4v) is 7.32. The largest absolute Gasteiger partial charge is 0.309 e. The number of para-hydroxylation sites is 2. The third kappa shape index (κ3) is 2.24. The van der Waals surface area contributed by atoms with Gasteiger partial charge in [0.2, 0.25) is 0 Å². The molecule has 35 heavy (non-hydrogen) atoms. The SMILES string of the molecule is c1ccc2c(c1)Cc1c-2ccc2c1Cc1ccc3c(c1-2)Cc1cccc2c1N3c1ccccc1C2. The first-order valence-corrected chi connectivity index (χ1v) is 12.7. The number of benzene rings is 5. The van der Waals surface area contributed by atoms with Gasteiger partial charge in [0.25, 0.3) is 0 Å². The minimum Gasteiger partial charge on any atom is -0.309 e. The highest BCUT2D eigenvalue weighted by molar-refractivity contribution is 5.96. The van der Waals surface area contributed by atoms with Crippen molar-refractivity contribution >= 4 is 17.1 Å². The zero-order chi connectivity index (χ0) is 22.7. The predicted molar refractivity (Wildman–Crippen MR) is 143 cm³/mol. The molecule has 2 heterocycles. The number of hydrogen-bond acceptors (Lipinski definition) is 1. The lowest BCUT2D eigenvalue weighted by Gasteiger charge is -2.40. The molecular formula is C34H23N. The van der Waals surface area contributed by atoms with E-state index in [1.165, 1.54) is 72.7 Å². The smallest absolute Gasteiger partial charge is 0.0532 e. The predicted octanol–water partition coefficient (Wildman–Crippen LogP) is 8.11. The maximum absolute atomic E-state index is 2.56. The molecule has 0 saturated heterocycles. The van der Waals surface area contributed by atoms with Gasteiger partial charge in [-0.2, -0.15) is 0 Å². The molecule has 9 rings (SSSR count). The lowest BCUT2D eigenvalue weighted by atomic mass is 9.83. The summed E-state index contributed by atoms with van der Waals surface area (Å²) < 4.78 is 0. The van der Waals surface area contributed by atoms with Crippen LogP contribution in [-0.4, -0.2) is 0 Å². The zero-order valence-corrected chi connectivity index (χ0v) is 19.4. The second-order valence-corrected chi connectivity index (χ2v) is 10.5. The van der Waals surface area contributed by atoms with Gasteiger partial charge in [-0.15, -0.1) is 0 Å². The Morgan fingerprint density at radius 1 is 0.400 bits per heavy atom. The second-order valence-electron chi connectivity index (χ2n) is 10.5. The van der Waals surface area contributed by atoms with Crippen LogP contribution in [0.15, 0.2) is 91.0 Å². The van der Waals surface area contributed by atoms with Crippen LogP contribution in [0.1, 0.15) is 44.5 Å². The van der Waals surface area contributed by atoms with Crippen molar-refractivity contribution in [2.75, 3.05) is 4.90 Å². The van der Waals surface area contributed by atoms with E-state index in [2.05, 4.69) is 95.9 Å². The van der Waals surface area contributed by atoms with E-state index in [1.54, 1.807) is 11.1 Å². The number of rotatable bonds is 0. The molecule has 1 nitrogen and oxygen atoms in total. The molecule has 5 aromatic carbocycles.